The zero-order valence-electron chi connectivity index (χ0n) is 15.3. The summed E-state index contributed by atoms with van der Waals surface area (Å²) in [4.78, 5) is 11.3. The Hall–Kier alpha value is -2.20. The molecule has 1 saturated heterocycles. The second-order valence-corrected chi connectivity index (χ2v) is 8.14. The van der Waals surface area contributed by atoms with E-state index < -0.39 is 10.0 Å². The van der Waals surface area contributed by atoms with E-state index in [1.54, 1.807) is 13.8 Å². The van der Waals surface area contributed by atoms with Crippen molar-refractivity contribution in [3.63, 3.8) is 0 Å². The topological polar surface area (TPSA) is 116 Å². The molecule has 0 saturated carbocycles. The molecule has 9 nitrogen and oxygen atoms in total. The van der Waals surface area contributed by atoms with Gasteiger partial charge in [0, 0.05) is 32.2 Å². The minimum atomic E-state index is -3.59. The molecular weight excluding hydrogens is 354 g/mol. The van der Waals surface area contributed by atoms with E-state index in [1.807, 2.05) is 13.0 Å². The van der Waals surface area contributed by atoms with Crippen LogP contribution in [0.2, 0.25) is 0 Å². The number of hydrogen-bond acceptors (Lipinski definition) is 7. The lowest BCUT2D eigenvalue weighted by Crippen LogP contribution is -2.30. The number of rotatable bonds is 7. The fourth-order valence-electron chi connectivity index (χ4n) is 3.14. The van der Waals surface area contributed by atoms with Crippen LogP contribution in [-0.2, 0) is 10.0 Å². The van der Waals surface area contributed by atoms with Crippen molar-refractivity contribution in [2.75, 3.05) is 36.4 Å². The number of anilines is 2. The first kappa shape index (κ1) is 18.6. The average Bonchev–Trinajstić information content (AvgIpc) is 3.21. The Bertz CT molecular complexity index is 853. The summed E-state index contributed by atoms with van der Waals surface area (Å²) in [6.45, 7) is 7.91. The molecule has 3 heterocycles. The van der Waals surface area contributed by atoms with Gasteiger partial charge < -0.3 is 10.2 Å². The molecule has 2 aromatic rings. The smallest absolute Gasteiger partial charge is 0.244 e. The summed E-state index contributed by atoms with van der Waals surface area (Å²) in [5.74, 6) is 2.32. The van der Waals surface area contributed by atoms with Crippen LogP contribution in [0.15, 0.2) is 11.0 Å². The number of nitrogens with zero attached hydrogens (tertiary/aromatic N) is 4. The first-order valence-electron chi connectivity index (χ1n) is 8.72. The van der Waals surface area contributed by atoms with Crippen molar-refractivity contribution in [1.82, 2.24) is 24.9 Å². The maximum atomic E-state index is 12.4. The minimum Gasteiger partial charge on any atom is -0.369 e. The molecular formula is C16H25N7O2S. The summed E-state index contributed by atoms with van der Waals surface area (Å²) in [5, 5.41) is 9.79. The van der Waals surface area contributed by atoms with Gasteiger partial charge in [-0.2, -0.15) is 5.10 Å². The second-order valence-electron chi connectivity index (χ2n) is 6.44. The van der Waals surface area contributed by atoms with Gasteiger partial charge >= 0.3 is 0 Å². The van der Waals surface area contributed by atoms with Gasteiger partial charge in [-0.05, 0) is 33.6 Å². The predicted octanol–water partition coefficient (Wildman–Crippen LogP) is 1.12. The van der Waals surface area contributed by atoms with E-state index >= 15 is 0 Å². The van der Waals surface area contributed by atoms with Gasteiger partial charge in [0.05, 0.1) is 11.4 Å². The molecule has 2 aromatic heterocycles. The Morgan fingerprint density at radius 1 is 1.15 bits per heavy atom. The van der Waals surface area contributed by atoms with Crippen LogP contribution in [0.5, 0.6) is 0 Å². The molecule has 10 heteroatoms. The first-order valence-corrected chi connectivity index (χ1v) is 10.2. The van der Waals surface area contributed by atoms with E-state index in [4.69, 9.17) is 0 Å². The van der Waals surface area contributed by atoms with Crippen molar-refractivity contribution in [3.8, 4) is 0 Å². The number of aromatic nitrogens is 4. The van der Waals surface area contributed by atoms with Crippen LogP contribution in [0.1, 0.15) is 30.1 Å². The molecule has 0 aliphatic carbocycles. The molecule has 26 heavy (non-hydrogen) atoms. The molecule has 0 amide bonds. The Labute approximate surface area is 153 Å². The summed E-state index contributed by atoms with van der Waals surface area (Å²) in [6.07, 6.45) is 2.36. The van der Waals surface area contributed by atoms with Gasteiger partial charge in [0.2, 0.25) is 10.0 Å². The van der Waals surface area contributed by atoms with E-state index in [2.05, 4.69) is 35.1 Å². The van der Waals surface area contributed by atoms with Gasteiger partial charge in [0.1, 0.15) is 22.4 Å². The summed E-state index contributed by atoms with van der Waals surface area (Å²) in [5.41, 5.74) is 0.995. The number of sulfonamides is 1. The fraction of sp³-hybridized carbons (Fsp3) is 0.562. The third-order valence-corrected chi connectivity index (χ3v) is 6.03. The average molecular weight is 379 g/mol. The standard InChI is InChI=1S/C16H25N7O2S/c1-11-16(12(2)22-21-11)26(24,25)18-7-6-17-14-10-15(20-13(3)19-14)23-8-4-5-9-23/h10,18H,4-9H2,1-3H3,(H,21,22)(H,17,19,20). The highest BCUT2D eigenvalue weighted by Crippen LogP contribution is 2.20. The summed E-state index contributed by atoms with van der Waals surface area (Å²) in [6, 6.07) is 1.91. The maximum absolute atomic E-state index is 12.4. The van der Waals surface area contributed by atoms with Crippen molar-refractivity contribution < 1.29 is 8.42 Å². The number of nitrogens with one attached hydrogen (secondary N) is 3. The lowest BCUT2D eigenvalue weighted by atomic mass is 10.4. The predicted molar refractivity (Wildman–Crippen MR) is 100.0 cm³/mol. The number of H-pyrrole nitrogens is 1. The van der Waals surface area contributed by atoms with Gasteiger partial charge in [0.15, 0.2) is 0 Å². The largest absolute Gasteiger partial charge is 0.369 e. The monoisotopic (exact) mass is 379 g/mol. The third-order valence-electron chi connectivity index (χ3n) is 4.31. The molecule has 0 bridgehead atoms. The van der Waals surface area contributed by atoms with Crippen LogP contribution in [-0.4, -0.2) is 54.8 Å². The highest BCUT2D eigenvalue weighted by atomic mass is 32.2. The molecule has 0 radical (unpaired) electrons. The van der Waals surface area contributed by atoms with Gasteiger partial charge in [-0.1, -0.05) is 0 Å². The molecule has 0 atom stereocenters. The van der Waals surface area contributed by atoms with Gasteiger partial charge in [-0.15, -0.1) is 0 Å². The minimum absolute atomic E-state index is 0.215. The Morgan fingerprint density at radius 2 is 1.88 bits per heavy atom. The molecule has 3 N–H and O–H groups in total. The van der Waals surface area contributed by atoms with E-state index in [9.17, 15) is 8.42 Å². The molecule has 1 fully saturated rings. The summed E-state index contributed by atoms with van der Waals surface area (Å²) in [7, 11) is -3.59. The Kier molecular flexibility index (Phi) is 5.42. The first-order chi connectivity index (χ1) is 12.4. The van der Waals surface area contributed by atoms with Crippen LogP contribution in [0, 0.1) is 20.8 Å². The normalized spacial score (nSPS) is 14.8. The quantitative estimate of drug-likeness (QED) is 0.617. The second kappa shape index (κ2) is 7.58. The zero-order valence-corrected chi connectivity index (χ0v) is 16.2. The fourth-order valence-corrected chi connectivity index (χ4v) is 4.53. The molecule has 1 aliphatic rings. The number of hydrogen-bond donors (Lipinski definition) is 3. The highest BCUT2D eigenvalue weighted by molar-refractivity contribution is 7.89. The van der Waals surface area contributed by atoms with E-state index in [0.717, 1.165) is 18.9 Å². The van der Waals surface area contributed by atoms with Crippen LogP contribution in [0.4, 0.5) is 11.6 Å². The Balaban J connectivity index is 1.58. The van der Waals surface area contributed by atoms with E-state index in [1.165, 1.54) is 12.8 Å². The SMILES string of the molecule is Cc1nc(NCCNS(=O)(=O)c2c(C)n[nH]c2C)cc(N2CCCC2)n1. The highest BCUT2D eigenvalue weighted by Gasteiger charge is 2.21. The van der Waals surface area contributed by atoms with Crippen LogP contribution in [0.25, 0.3) is 0 Å². The van der Waals surface area contributed by atoms with E-state index in [0.29, 0.717) is 29.6 Å². The lowest BCUT2D eigenvalue weighted by molar-refractivity contribution is 0.581. The van der Waals surface area contributed by atoms with Crippen LogP contribution >= 0.6 is 0 Å². The molecule has 0 spiro atoms. The Morgan fingerprint density at radius 3 is 2.54 bits per heavy atom. The van der Waals surface area contributed by atoms with Gasteiger partial charge in [-0.25, -0.2) is 23.1 Å². The van der Waals surface area contributed by atoms with Crippen molar-refractivity contribution >= 4 is 21.7 Å². The maximum Gasteiger partial charge on any atom is 0.244 e. The molecule has 142 valence electrons. The van der Waals surface area contributed by atoms with Crippen molar-refractivity contribution in [2.24, 2.45) is 0 Å². The third kappa shape index (κ3) is 4.13. The van der Waals surface area contributed by atoms with Crippen LogP contribution in [0.3, 0.4) is 0 Å². The molecule has 0 unspecified atom stereocenters. The van der Waals surface area contributed by atoms with Gasteiger partial charge in [0.25, 0.3) is 0 Å². The zero-order chi connectivity index (χ0) is 18.7. The molecule has 3 rings (SSSR count). The van der Waals surface area contributed by atoms with Crippen molar-refractivity contribution in [1.29, 1.82) is 0 Å². The van der Waals surface area contributed by atoms with Crippen molar-refractivity contribution in [3.05, 3.63) is 23.3 Å². The molecule has 0 aromatic carbocycles. The van der Waals surface area contributed by atoms with Gasteiger partial charge in [-0.3, -0.25) is 5.10 Å². The van der Waals surface area contributed by atoms with E-state index in [-0.39, 0.29) is 11.4 Å². The summed E-state index contributed by atoms with van der Waals surface area (Å²) < 4.78 is 27.4. The molecule has 1 aliphatic heterocycles. The van der Waals surface area contributed by atoms with Crippen LogP contribution < -0.4 is 14.9 Å². The number of aryl methyl sites for hydroxylation is 3. The summed E-state index contributed by atoms with van der Waals surface area (Å²) >= 11 is 0. The lowest BCUT2D eigenvalue weighted by Gasteiger charge is -2.17. The number of aromatic amines is 1. The van der Waals surface area contributed by atoms with Crippen molar-refractivity contribution in [2.45, 2.75) is 38.5 Å².